The van der Waals surface area contributed by atoms with Gasteiger partial charge in [-0.15, -0.1) is 0 Å². The van der Waals surface area contributed by atoms with Crippen LogP contribution in [-0.2, 0) is 11.3 Å². The van der Waals surface area contributed by atoms with Crippen molar-refractivity contribution in [1.29, 1.82) is 0 Å². The maximum atomic E-state index is 13.5. The molecule has 0 bridgehead atoms. The van der Waals surface area contributed by atoms with Crippen molar-refractivity contribution in [3.8, 4) is 16.9 Å². The quantitative estimate of drug-likeness (QED) is 0.484. The molecule has 0 saturated carbocycles. The van der Waals surface area contributed by atoms with Crippen LogP contribution in [0.2, 0.25) is 0 Å². The van der Waals surface area contributed by atoms with Crippen LogP contribution in [0.1, 0.15) is 48.0 Å². The number of hydrogen-bond donors (Lipinski definition) is 3. The van der Waals surface area contributed by atoms with Crippen LogP contribution in [0.25, 0.3) is 11.1 Å². The van der Waals surface area contributed by atoms with Crippen LogP contribution in [0, 0.1) is 13.8 Å². The zero-order chi connectivity index (χ0) is 26.0. The Bertz CT molecular complexity index is 1380. The highest BCUT2D eigenvalue weighted by Gasteiger charge is 2.27. The number of aryl methyl sites for hydroxylation is 2. The lowest BCUT2D eigenvalue weighted by molar-refractivity contribution is -0.114. The molecule has 0 spiro atoms. The molecule has 4 rings (SSSR count). The van der Waals surface area contributed by atoms with Gasteiger partial charge in [-0.05, 0) is 74.7 Å². The summed E-state index contributed by atoms with van der Waals surface area (Å²) < 4.78 is 6.01. The van der Waals surface area contributed by atoms with E-state index in [1.165, 1.54) is 6.92 Å². The first-order valence-electron chi connectivity index (χ1n) is 12.1. The first kappa shape index (κ1) is 25.0. The normalized spacial score (nSPS) is 12.7. The lowest BCUT2D eigenvalue weighted by Gasteiger charge is -2.35. The minimum absolute atomic E-state index is 0.102. The summed E-state index contributed by atoms with van der Waals surface area (Å²) in [6, 6.07) is 13.4. The molecule has 0 saturated heterocycles. The Morgan fingerprint density at radius 3 is 2.58 bits per heavy atom. The number of carbonyl (C=O) groups is 2. The van der Waals surface area contributed by atoms with Crippen LogP contribution in [0.5, 0.6) is 5.75 Å². The third-order valence-electron chi connectivity index (χ3n) is 6.26. The molecular weight excluding hydrogens is 456 g/mol. The highest BCUT2D eigenvalue weighted by molar-refractivity contribution is 6.01. The SMILES string of the molecule is CC(=O)Nc1cccc(-c2cc(C(=O)NCc3c(C)cc(C)[nH]c3=O)c3c(c2)N(C(C)C)CCO3)c1. The Hall–Kier alpha value is -4.07. The van der Waals surface area contributed by atoms with E-state index in [1.54, 1.807) is 6.07 Å². The molecule has 0 unspecified atom stereocenters. The van der Waals surface area contributed by atoms with Gasteiger partial charge in [0.25, 0.3) is 11.5 Å². The number of H-pyrrole nitrogens is 1. The molecule has 2 amide bonds. The Labute approximate surface area is 210 Å². The number of aromatic amines is 1. The minimum atomic E-state index is -0.323. The van der Waals surface area contributed by atoms with Crippen molar-refractivity contribution in [3.63, 3.8) is 0 Å². The maximum absolute atomic E-state index is 13.5. The van der Waals surface area contributed by atoms with Crippen LogP contribution in [-0.4, -0.2) is 36.0 Å². The van der Waals surface area contributed by atoms with Crippen molar-refractivity contribution in [2.45, 2.75) is 47.2 Å². The molecule has 8 heteroatoms. The summed E-state index contributed by atoms with van der Waals surface area (Å²) in [5.41, 5.74) is 5.52. The second kappa shape index (κ2) is 10.3. The number of aromatic nitrogens is 1. The van der Waals surface area contributed by atoms with E-state index in [4.69, 9.17) is 4.74 Å². The molecule has 3 aromatic rings. The van der Waals surface area contributed by atoms with E-state index in [0.29, 0.717) is 35.7 Å². The average Bonchev–Trinajstić information content (AvgIpc) is 2.81. The van der Waals surface area contributed by atoms with Gasteiger partial charge >= 0.3 is 0 Å². The lowest BCUT2D eigenvalue weighted by Crippen LogP contribution is -2.39. The number of rotatable bonds is 6. The van der Waals surface area contributed by atoms with Crippen molar-refractivity contribution in [2.75, 3.05) is 23.4 Å². The van der Waals surface area contributed by atoms with Gasteiger partial charge in [-0.3, -0.25) is 14.4 Å². The Morgan fingerprint density at radius 2 is 1.89 bits per heavy atom. The first-order chi connectivity index (χ1) is 17.1. The van der Waals surface area contributed by atoms with E-state index < -0.39 is 0 Å². The summed E-state index contributed by atoms with van der Waals surface area (Å²) >= 11 is 0. The van der Waals surface area contributed by atoms with Crippen LogP contribution in [0.15, 0.2) is 47.3 Å². The second-order valence-electron chi connectivity index (χ2n) is 9.40. The van der Waals surface area contributed by atoms with Crippen molar-refractivity contribution in [2.24, 2.45) is 0 Å². The largest absolute Gasteiger partial charge is 0.489 e. The van der Waals surface area contributed by atoms with Crippen molar-refractivity contribution < 1.29 is 14.3 Å². The third kappa shape index (κ3) is 5.27. The molecular formula is C28H32N4O4. The summed E-state index contributed by atoms with van der Waals surface area (Å²) in [6.07, 6.45) is 0. The molecule has 36 heavy (non-hydrogen) atoms. The molecule has 0 radical (unpaired) electrons. The van der Waals surface area contributed by atoms with Crippen LogP contribution in [0.4, 0.5) is 11.4 Å². The van der Waals surface area contributed by atoms with E-state index >= 15 is 0 Å². The summed E-state index contributed by atoms with van der Waals surface area (Å²) in [4.78, 5) is 42.5. The molecule has 2 heterocycles. The van der Waals surface area contributed by atoms with Gasteiger partial charge in [-0.25, -0.2) is 0 Å². The van der Waals surface area contributed by atoms with E-state index in [0.717, 1.165) is 28.1 Å². The van der Waals surface area contributed by atoms with Gasteiger partial charge in [-0.1, -0.05) is 12.1 Å². The monoisotopic (exact) mass is 488 g/mol. The Kier molecular flexibility index (Phi) is 7.15. The van der Waals surface area contributed by atoms with Gasteiger partial charge in [0.1, 0.15) is 6.61 Å². The first-order valence-corrected chi connectivity index (χ1v) is 12.1. The standard InChI is InChI=1S/C28H32N4O4/c1-16(2)32-9-10-36-26-23(27(34)29-15-24-17(3)11-18(4)30-28(24)35)13-21(14-25(26)32)20-7-6-8-22(12-20)31-19(5)33/h6-8,11-14,16H,9-10,15H2,1-5H3,(H,29,34)(H,30,35)(H,31,33). The summed E-state index contributed by atoms with van der Waals surface area (Å²) in [5.74, 6) is 0.0540. The number of nitrogens with zero attached hydrogens (tertiary/aromatic N) is 1. The highest BCUT2D eigenvalue weighted by Crippen LogP contribution is 2.40. The summed E-state index contributed by atoms with van der Waals surface area (Å²) in [5, 5.41) is 5.72. The summed E-state index contributed by atoms with van der Waals surface area (Å²) in [7, 11) is 0. The number of amides is 2. The molecule has 1 aliphatic heterocycles. The predicted octanol–water partition coefficient (Wildman–Crippen LogP) is 4.15. The average molecular weight is 489 g/mol. The van der Waals surface area contributed by atoms with Crippen LogP contribution in [0.3, 0.4) is 0 Å². The molecule has 0 fully saturated rings. The number of nitrogens with one attached hydrogen (secondary N) is 3. The molecule has 1 aliphatic rings. The number of carbonyl (C=O) groups excluding carboxylic acids is 2. The number of anilines is 2. The van der Waals surface area contributed by atoms with E-state index in [-0.39, 0.29) is 30.0 Å². The molecule has 1 aromatic heterocycles. The molecule has 188 valence electrons. The number of fused-ring (bicyclic) bond motifs is 1. The molecule has 2 aromatic carbocycles. The molecule has 8 nitrogen and oxygen atoms in total. The zero-order valence-corrected chi connectivity index (χ0v) is 21.3. The topological polar surface area (TPSA) is 104 Å². The van der Waals surface area contributed by atoms with Gasteiger partial charge in [0.2, 0.25) is 5.91 Å². The summed E-state index contributed by atoms with van der Waals surface area (Å²) in [6.45, 7) is 10.6. The van der Waals surface area contributed by atoms with Gasteiger partial charge in [0.15, 0.2) is 5.75 Å². The zero-order valence-electron chi connectivity index (χ0n) is 21.3. The van der Waals surface area contributed by atoms with Gasteiger partial charge in [0, 0.05) is 36.5 Å². The number of ether oxygens (including phenoxy) is 1. The Morgan fingerprint density at radius 1 is 1.11 bits per heavy atom. The number of hydrogen-bond acceptors (Lipinski definition) is 5. The molecule has 0 aliphatic carbocycles. The smallest absolute Gasteiger partial charge is 0.255 e. The highest BCUT2D eigenvalue weighted by atomic mass is 16.5. The Balaban J connectivity index is 1.75. The fourth-order valence-electron chi connectivity index (χ4n) is 4.56. The second-order valence-corrected chi connectivity index (χ2v) is 9.40. The number of benzene rings is 2. The van der Waals surface area contributed by atoms with Crippen molar-refractivity contribution in [1.82, 2.24) is 10.3 Å². The number of pyridine rings is 1. The molecule has 0 atom stereocenters. The van der Waals surface area contributed by atoms with Gasteiger partial charge < -0.3 is 25.3 Å². The van der Waals surface area contributed by atoms with E-state index in [1.807, 2.05) is 50.2 Å². The predicted molar refractivity (Wildman–Crippen MR) is 142 cm³/mol. The van der Waals surface area contributed by atoms with E-state index in [2.05, 4.69) is 34.4 Å². The minimum Gasteiger partial charge on any atom is -0.489 e. The molecule has 3 N–H and O–H groups in total. The van der Waals surface area contributed by atoms with E-state index in [9.17, 15) is 14.4 Å². The maximum Gasteiger partial charge on any atom is 0.255 e. The fourth-order valence-corrected chi connectivity index (χ4v) is 4.56. The van der Waals surface area contributed by atoms with Gasteiger partial charge in [-0.2, -0.15) is 0 Å². The third-order valence-corrected chi connectivity index (χ3v) is 6.26. The van der Waals surface area contributed by atoms with Crippen molar-refractivity contribution >= 4 is 23.2 Å². The fraction of sp³-hybridized carbons (Fsp3) is 0.321. The van der Waals surface area contributed by atoms with Crippen molar-refractivity contribution in [3.05, 3.63) is 75.2 Å². The lowest BCUT2D eigenvalue weighted by atomic mass is 9.98. The van der Waals surface area contributed by atoms with Crippen LogP contribution < -0.4 is 25.8 Å². The van der Waals surface area contributed by atoms with Gasteiger partial charge in [0.05, 0.1) is 17.8 Å². The van der Waals surface area contributed by atoms with Crippen LogP contribution >= 0.6 is 0 Å².